The summed E-state index contributed by atoms with van der Waals surface area (Å²) in [7, 11) is 0. The van der Waals surface area contributed by atoms with E-state index in [9.17, 15) is 0 Å². The van der Waals surface area contributed by atoms with E-state index in [-0.39, 0.29) is 0 Å². The van der Waals surface area contributed by atoms with Gasteiger partial charge in [-0.05, 0) is 110 Å². The molecule has 0 nitrogen and oxygen atoms in total. The summed E-state index contributed by atoms with van der Waals surface area (Å²) in [5.41, 5.74) is 5.09. The molecule has 0 heterocycles. The first-order valence-corrected chi connectivity index (χ1v) is 14.7. The Bertz CT molecular complexity index is 2660. The van der Waals surface area contributed by atoms with Crippen LogP contribution in [0.4, 0.5) is 0 Å². The Kier molecular flexibility index (Phi) is 4.27. The summed E-state index contributed by atoms with van der Waals surface area (Å²) in [6, 6.07) is 54.1. The van der Waals surface area contributed by atoms with Gasteiger partial charge in [0.05, 0.1) is 0 Å². The van der Waals surface area contributed by atoms with Crippen LogP contribution in [0.1, 0.15) is 0 Å². The average Bonchev–Trinajstić information content (AvgIpc) is 3.57. The van der Waals surface area contributed by atoms with Gasteiger partial charge in [-0.25, -0.2) is 0 Å². The molecule has 0 amide bonds. The normalized spacial score (nSPS) is 12.3. The fraction of sp³-hybridized carbons (Fsp3) is 0. The van der Waals surface area contributed by atoms with E-state index in [4.69, 9.17) is 0 Å². The van der Waals surface area contributed by atoms with Gasteiger partial charge in [0.2, 0.25) is 0 Å². The highest BCUT2D eigenvalue weighted by Gasteiger charge is 2.23. The van der Waals surface area contributed by atoms with Crippen LogP contribution in [0, 0.1) is 0 Å². The van der Waals surface area contributed by atoms with Crippen molar-refractivity contribution in [2.75, 3.05) is 0 Å². The first kappa shape index (κ1) is 22.3. The molecule has 0 radical (unpaired) electrons. The van der Waals surface area contributed by atoms with Gasteiger partial charge in [-0.15, -0.1) is 0 Å². The number of hydrogen-bond donors (Lipinski definition) is 0. The van der Waals surface area contributed by atoms with E-state index in [2.05, 4.69) is 146 Å². The fourth-order valence-electron chi connectivity index (χ4n) is 7.86. The van der Waals surface area contributed by atoms with Gasteiger partial charge in [0.25, 0.3) is 0 Å². The molecule has 0 aliphatic heterocycles. The summed E-state index contributed by atoms with van der Waals surface area (Å²) in [6.07, 6.45) is 0. The lowest BCUT2D eigenvalue weighted by Gasteiger charge is -2.17. The zero-order valence-electron chi connectivity index (χ0n) is 22.9. The molecule has 0 heteroatoms. The van der Waals surface area contributed by atoms with Crippen molar-refractivity contribution in [1.29, 1.82) is 0 Å². The average molecular weight is 529 g/mol. The Hall–Kier alpha value is -5.46. The lowest BCUT2D eigenvalue weighted by atomic mass is 9.85. The molecular formula is C42H24. The van der Waals surface area contributed by atoms with E-state index in [0.29, 0.717) is 0 Å². The maximum absolute atomic E-state index is 2.49. The lowest BCUT2D eigenvalue weighted by Crippen LogP contribution is -1.89. The molecule has 0 aromatic heterocycles. The van der Waals surface area contributed by atoms with Crippen LogP contribution in [0.25, 0.3) is 97.7 Å². The molecule has 0 aliphatic rings. The minimum absolute atomic E-state index is 1.24. The first-order chi connectivity index (χ1) is 20.9. The van der Waals surface area contributed by atoms with Crippen molar-refractivity contribution >= 4 is 75.4 Å². The van der Waals surface area contributed by atoms with Crippen LogP contribution in [0.15, 0.2) is 146 Å². The van der Waals surface area contributed by atoms with Gasteiger partial charge >= 0.3 is 0 Å². The summed E-state index contributed by atoms with van der Waals surface area (Å²) in [4.78, 5) is 0. The third kappa shape index (κ3) is 2.77. The summed E-state index contributed by atoms with van der Waals surface area (Å²) >= 11 is 0. The molecular weight excluding hydrogens is 504 g/mol. The van der Waals surface area contributed by atoms with Crippen LogP contribution < -0.4 is 0 Å². The quantitative estimate of drug-likeness (QED) is 0.196. The maximum atomic E-state index is 2.49. The molecule has 42 heavy (non-hydrogen) atoms. The topological polar surface area (TPSA) is 0 Å². The molecule has 0 saturated heterocycles. The Labute approximate surface area is 242 Å². The molecule has 0 spiro atoms. The monoisotopic (exact) mass is 528 g/mol. The van der Waals surface area contributed by atoms with Crippen LogP contribution >= 0.6 is 0 Å². The number of hydrogen-bond acceptors (Lipinski definition) is 0. The van der Waals surface area contributed by atoms with Crippen LogP contribution in [0.5, 0.6) is 0 Å². The minimum atomic E-state index is 1.24. The van der Waals surface area contributed by atoms with Gasteiger partial charge in [0.15, 0.2) is 0 Å². The molecule has 0 N–H and O–H groups in total. The number of rotatable bonds is 2. The molecule has 192 valence electrons. The summed E-state index contributed by atoms with van der Waals surface area (Å²) in [5.74, 6) is 0. The Balaban J connectivity index is 1.51. The van der Waals surface area contributed by atoms with E-state index >= 15 is 0 Å². The highest BCUT2D eigenvalue weighted by Crippen LogP contribution is 2.52. The van der Waals surface area contributed by atoms with E-state index in [0.717, 1.165) is 0 Å². The zero-order chi connectivity index (χ0) is 27.4. The Morgan fingerprint density at radius 2 is 0.667 bits per heavy atom. The van der Waals surface area contributed by atoms with Crippen molar-refractivity contribution < 1.29 is 0 Å². The Morgan fingerprint density at radius 1 is 0.214 bits per heavy atom. The van der Waals surface area contributed by atoms with Crippen LogP contribution in [0.3, 0.4) is 0 Å². The van der Waals surface area contributed by atoms with Gasteiger partial charge in [-0.3, -0.25) is 0 Å². The second-order valence-electron chi connectivity index (χ2n) is 11.6. The van der Waals surface area contributed by atoms with Crippen LogP contribution in [-0.4, -0.2) is 0 Å². The van der Waals surface area contributed by atoms with Crippen molar-refractivity contribution in [2.24, 2.45) is 0 Å². The predicted octanol–water partition coefficient (Wildman–Crippen LogP) is 12.0. The molecule has 0 saturated carbocycles. The molecule has 0 aliphatic carbocycles. The van der Waals surface area contributed by atoms with E-state index in [1.807, 2.05) is 0 Å². The fourth-order valence-corrected chi connectivity index (χ4v) is 7.86. The van der Waals surface area contributed by atoms with Gasteiger partial charge in [0.1, 0.15) is 0 Å². The molecule has 0 fully saturated rings. The number of fused-ring (bicyclic) bond motifs is 9. The first-order valence-electron chi connectivity index (χ1n) is 14.7. The largest absolute Gasteiger partial charge is 0.0622 e. The molecule has 0 unspecified atom stereocenters. The summed E-state index contributed by atoms with van der Waals surface area (Å²) < 4.78 is 0. The van der Waals surface area contributed by atoms with Gasteiger partial charge in [0, 0.05) is 0 Å². The third-order valence-corrected chi connectivity index (χ3v) is 9.52. The smallest absolute Gasteiger partial charge is 0.000763 e. The predicted molar refractivity (Wildman–Crippen MR) is 182 cm³/mol. The highest BCUT2D eigenvalue weighted by atomic mass is 14.3. The van der Waals surface area contributed by atoms with Crippen LogP contribution in [-0.2, 0) is 0 Å². The van der Waals surface area contributed by atoms with E-state index in [1.54, 1.807) is 0 Å². The van der Waals surface area contributed by atoms with Crippen molar-refractivity contribution in [3.05, 3.63) is 146 Å². The molecule has 10 aromatic rings. The SMILES string of the molecule is c1ccc(-c2cccc(-c3c4c(cc5c6ccccc6c6cccc4c65)c4cccc5c6ccccc6c3c54)c2)cc1. The van der Waals surface area contributed by atoms with Gasteiger partial charge < -0.3 is 0 Å². The standard InChI is InChI=1S/C42H24/c1-2-11-25(12-3-1)26-13-8-14-27(23-26)38-41-35-22-10-19-31-28-15-4-5-16-29(28)36(39(31)35)24-37(41)34-21-9-20-32-30-17-6-7-18-33(30)42(38)40(32)34/h1-24H. The van der Waals surface area contributed by atoms with Crippen molar-refractivity contribution in [3.63, 3.8) is 0 Å². The van der Waals surface area contributed by atoms with E-state index in [1.165, 1.54) is 97.7 Å². The Morgan fingerprint density at radius 3 is 1.43 bits per heavy atom. The molecule has 10 rings (SSSR count). The third-order valence-electron chi connectivity index (χ3n) is 9.52. The van der Waals surface area contributed by atoms with Crippen molar-refractivity contribution in [2.45, 2.75) is 0 Å². The summed E-state index contributed by atoms with van der Waals surface area (Å²) in [5, 5.41) is 18.8. The minimum Gasteiger partial charge on any atom is -0.0622 e. The molecule has 10 aromatic carbocycles. The van der Waals surface area contributed by atoms with Crippen molar-refractivity contribution in [3.8, 4) is 22.3 Å². The van der Waals surface area contributed by atoms with Gasteiger partial charge in [-0.2, -0.15) is 0 Å². The number of benzene rings is 8. The molecule has 0 atom stereocenters. The zero-order valence-corrected chi connectivity index (χ0v) is 22.9. The second-order valence-corrected chi connectivity index (χ2v) is 11.6. The second kappa shape index (κ2) is 8.06. The lowest BCUT2D eigenvalue weighted by molar-refractivity contribution is 1.62. The maximum Gasteiger partial charge on any atom is -0.000763 e. The molecule has 0 bridgehead atoms. The van der Waals surface area contributed by atoms with E-state index < -0.39 is 0 Å². The van der Waals surface area contributed by atoms with Crippen molar-refractivity contribution in [1.82, 2.24) is 0 Å². The van der Waals surface area contributed by atoms with Gasteiger partial charge in [-0.1, -0.05) is 133 Å². The van der Waals surface area contributed by atoms with Crippen LogP contribution in [0.2, 0.25) is 0 Å². The highest BCUT2D eigenvalue weighted by molar-refractivity contribution is 6.44. The summed E-state index contributed by atoms with van der Waals surface area (Å²) in [6.45, 7) is 0.